The highest BCUT2D eigenvalue weighted by Gasteiger charge is 2.30. The molecule has 29 heavy (non-hydrogen) atoms. The number of fused-ring (bicyclic) bond motifs is 1. The molecule has 0 bridgehead atoms. The van der Waals surface area contributed by atoms with E-state index in [1.807, 2.05) is 18.9 Å². The number of hydrogen-bond donors (Lipinski definition) is 0. The maximum Gasteiger partial charge on any atom is 0.247 e. The van der Waals surface area contributed by atoms with Crippen molar-refractivity contribution in [2.45, 2.75) is 45.1 Å². The molecule has 2 unspecified atom stereocenters. The lowest BCUT2D eigenvalue weighted by atomic mass is 10.0. The van der Waals surface area contributed by atoms with Gasteiger partial charge in [0.25, 0.3) is 0 Å². The Balaban J connectivity index is 1.44. The average Bonchev–Trinajstić information content (AvgIpc) is 3.24. The number of carbonyl (C=O) groups excluding carboxylic acids is 2. The summed E-state index contributed by atoms with van der Waals surface area (Å²) >= 11 is 0. The molecule has 2 amide bonds. The molecule has 2 aliphatic heterocycles. The molecule has 1 saturated heterocycles. The summed E-state index contributed by atoms with van der Waals surface area (Å²) in [7, 11) is 1.84. The van der Waals surface area contributed by atoms with E-state index in [9.17, 15) is 14.9 Å². The zero-order valence-electron chi connectivity index (χ0n) is 17.5. The summed E-state index contributed by atoms with van der Waals surface area (Å²) in [6.07, 6.45) is 5.62. The Hall–Kier alpha value is -2.47. The van der Waals surface area contributed by atoms with Crippen LogP contribution in [0.4, 0.5) is 0 Å². The van der Waals surface area contributed by atoms with Crippen molar-refractivity contribution in [2.75, 3.05) is 46.3 Å². The number of hydrogen-bond acceptors (Lipinski definition) is 6. The third-order valence-electron chi connectivity index (χ3n) is 5.95. The van der Waals surface area contributed by atoms with E-state index < -0.39 is 5.92 Å². The van der Waals surface area contributed by atoms with Crippen LogP contribution in [0.3, 0.4) is 0 Å². The minimum Gasteiger partial charge on any atom is -0.343 e. The van der Waals surface area contributed by atoms with Crippen LogP contribution in [-0.4, -0.2) is 87.6 Å². The number of aryl methyl sites for hydroxylation is 1. The van der Waals surface area contributed by atoms with E-state index in [0.29, 0.717) is 26.1 Å². The van der Waals surface area contributed by atoms with Crippen molar-refractivity contribution in [1.82, 2.24) is 29.5 Å². The van der Waals surface area contributed by atoms with Gasteiger partial charge in [-0.2, -0.15) is 10.4 Å². The van der Waals surface area contributed by atoms with Crippen LogP contribution in [0, 0.1) is 17.2 Å². The van der Waals surface area contributed by atoms with Gasteiger partial charge >= 0.3 is 0 Å². The molecule has 0 radical (unpaired) electrons. The monoisotopic (exact) mass is 401 g/mol. The van der Waals surface area contributed by atoms with Crippen LogP contribution in [0.15, 0.2) is 6.33 Å². The molecule has 0 aromatic carbocycles. The summed E-state index contributed by atoms with van der Waals surface area (Å²) in [5.41, 5.74) is 0. The second-order valence-corrected chi connectivity index (χ2v) is 7.93. The maximum absolute atomic E-state index is 12.9. The molecular weight excluding hydrogens is 370 g/mol. The Labute approximate surface area is 172 Å². The van der Waals surface area contributed by atoms with Gasteiger partial charge in [-0.1, -0.05) is 13.3 Å². The summed E-state index contributed by atoms with van der Waals surface area (Å²) < 4.78 is 1.77. The van der Waals surface area contributed by atoms with Crippen molar-refractivity contribution < 1.29 is 9.59 Å². The summed E-state index contributed by atoms with van der Waals surface area (Å²) in [6, 6.07) is 1.89. The third kappa shape index (κ3) is 4.93. The predicted octanol–water partition coefficient (Wildman–Crippen LogP) is 0.698. The molecule has 2 atom stereocenters. The second-order valence-electron chi connectivity index (χ2n) is 7.93. The molecule has 1 aromatic heterocycles. The summed E-state index contributed by atoms with van der Waals surface area (Å²) in [5.74, 6) is 0.416. The highest BCUT2D eigenvalue weighted by molar-refractivity contribution is 5.81. The lowest BCUT2D eigenvalue weighted by Crippen LogP contribution is -2.51. The summed E-state index contributed by atoms with van der Waals surface area (Å²) in [5, 5.41) is 13.4. The minimum atomic E-state index is -0.521. The van der Waals surface area contributed by atoms with Crippen molar-refractivity contribution in [1.29, 1.82) is 5.26 Å². The fourth-order valence-electron chi connectivity index (χ4n) is 4.12. The van der Waals surface area contributed by atoms with E-state index in [4.69, 9.17) is 0 Å². The molecule has 1 fully saturated rings. The van der Waals surface area contributed by atoms with Gasteiger partial charge in [0.15, 0.2) is 0 Å². The Morgan fingerprint density at radius 3 is 2.79 bits per heavy atom. The number of nitriles is 1. The van der Waals surface area contributed by atoms with Gasteiger partial charge in [0, 0.05) is 52.7 Å². The van der Waals surface area contributed by atoms with Gasteiger partial charge in [-0.25, -0.2) is 9.67 Å². The van der Waals surface area contributed by atoms with Gasteiger partial charge in [-0.15, -0.1) is 0 Å². The number of aromatic nitrogens is 3. The van der Waals surface area contributed by atoms with Crippen molar-refractivity contribution in [3.63, 3.8) is 0 Å². The molecule has 1 aromatic rings. The fourth-order valence-corrected chi connectivity index (χ4v) is 4.12. The molecule has 9 nitrogen and oxygen atoms in total. The van der Waals surface area contributed by atoms with E-state index >= 15 is 0 Å². The number of carbonyl (C=O) groups is 2. The van der Waals surface area contributed by atoms with Crippen LogP contribution >= 0.6 is 0 Å². The smallest absolute Gasteiger partial charge is 0.247 e. The first-order valence-corrected chi connectivity index (χ1v) is 10.6. The molecule has 158 valence electrons. The number of amides is 2. The van der Waals surface area contributed by atoms with Gasteiger partial charge in [-0.05, 0) is 19.3 Å². The fraction of sp³-hybridized carbons (Fsp3) is 0.750. The quantitative estimate of drug-likeness (QED) is 0.667. The zero-order valence-corrected chi connectivity index (χ0v) is 17.5. The van der Waals surface area contributed by atoms with E-state index in [1.54, 1.807) is 9.58 Å². The molecule has 0 N–H and O–H groups in total. The lowest BCUT2D eigenvalue weighted by molar-refractivity contribution is -0.135. The van der Waals surface area contributed by atoms with Crippen molar-refractivity contribution in [3.8, 4) is 6.07 Å². The first-order chi connectivity index (χ1) is 14.0. The highest BCUT2D eigenvalue weighted by Crippen LogP contribution is 2.24. The molecule has 3 heterocycles. The van der Waals surface area contributed by atoms with Gasteiger partial charge in [0.1, 0.15) is 24.1 Å². The molecule has 0 aliphatic carbocycles. The number of nitrogens with zero attached hydrogens (tertiary/aromatic N) is 7. The molecule has 2 aliphatic rings. The largest absolute Gasteiger partial charge is 0.343 e. The van der Waals surface area contributed by atoms with E-state index in [-0.39, 0.29) is 17.9 Å². The summed E-state index contributed by atoms with van der Waals surface area (Å²) in [4.78, 5) is 35.4. The van der Waals surface area contributed by atoms with Gasteiger partial charge in [-0.3, -0.25) is 14.5 Å². The first-order valence-electron chi connectivity index (χ1n) is 10.6. The van der Waals surface area contributed by atoms with Crippen LogP contribution in [0.5, 0.6) is 0 Å². The molecular formula is C20H31N7O2. The van der Waals surface area contributed by atoms with Crippen molar-refractivity contribution >= 4 is 11.8 Å². The molecule has 0 saturated carbocycles. The van der Waals surface area contributed by atoms with Crippen LogP contribution < -0.4 is 0 Å². The molecule has 9 heteroatoms. The van der Waals surface area contributed by atoms with Crippen LogP contribution in [0.2, 0.25) is 0 Å². The van der Waals surface area contributed by atoms with Crippen LogP contribution in [0.25, 0.3) is 0 Å². The predicted molar refractivity (Wildman–Crippen MR) is 107 cm³/mol. The number of rotatable bonds is 7. The normalized spacial score (nSPS) is 20.6. The van der Waals surface area contributed by atoms with Crippen molar-refractivity contribution in [2.24, 2.45) is 5.92 Å². The minimum absolute atomic E-state index is 0.0396. The average molecular weight is 402 g/mol. The van der Waals surface area contributed by atoms with Gasteiger partial charge in [0.2, 0.25) is 11.8 Å². The zero-order chi connectivity index (χ0) is 20.8. The second kappa shape index (κ2) is 9.83. The number of likely N-dealkylation sites (N-methyl/N-ethyl adjacent to an activating group) is 1. The van der Waals surface area contributed by atoms with Crippen LogP contribution in [0.1, 0.15) is 44.5 Å². The standard InChI is InChI=1S/C20H31N7O2/c1-3-5-16(14-21)19(28)26-12-10-25(11-13-26)9-8-24(2)20(29)17-6-4-7-18-22-15-23-27(17)18/h15-17H,3-13H2,1-2H3. The Kier molecular flexibility index (Phi) is 7.20. The van der Waals surface area contributed by atoms with Gasteiger partial charge < -0.3 is 9.80 Å². The summed E-state index contributed by atoms with van der Waals surface area (Å²) in [6.45, 7) is 6.24. The lowest BCUT2D eigenvalue weighted by Gasteiger charge is -2.36. The molecule has 0 spiro atoms. The van der Waals surface area contributed by atoms with Crippen molar-refractivity contribution in [3.05, 3.63) is 12.2 Å². The topological polar surface area (TPSA) is 98.4 Å². The first kappa shape index (κ1) is 21.2. The Morgan fingerprint density at radius 2 is 2.10 bits per heavy atom. The highest BCUT2D eigenvalue weighted by atomic mass is 16.2. The van der Waals surface area contributed by atoms with Gasteiger partial charge in [0.05, 0.1) is 6.07 Å². The SMILES string of the molecule is CCCC(C#N)C(=O)N1CCN(CCN(C)C(=O)C2CCCc3ncnn32)CC1. The number of piperazine rings is 1. The Bertz CT molecular complexity index is 748. The van der Waals surface area contributed by atoms with Crippen LogP contribution in [-0.2, 0) is 16.0 Å². The molecule has 3 rings (SSSR count). The van der Waals surface area contributed by atoms with E-state index in [2.05, 4.69) is 21.1 Å². The third-order valence-corrected chi connectivity index (χ3v) is 5.95. The Morgan fingerprint density at radius 1 is 1.34 bits per heavy atom. The maximum atomic E-state index is 12.9. The van der Waals surface area contributed by atoms with E-state index in [1.165, 1.54) is 6.33 Å². The van der Waals surface area contributed by atoms with E-state index in [0.717, 1.165) is 51.1 Å².